The lowest BCUT2D eigenvalue weighted by Crippen LogP contribution is -2.31. The predicted molar refractivity (Wildman–Crippen MR) is 117 cm³/mol. The van der Waals surface area contributed by atoms with Crippen molar-refractivity contribution in [1.29, 1.82) is 0 Å². The molecule has 2 rings (SSSR count). The summed E-state index contributed by atoms with van der Waals surface area (Å²) in [6.07, 6.45) is 0. The van der Waals surface area contributed by atoms with Crippen LogP contribution in [0.15, 0.2) is 46.4 Å². The van der Waals surface area contributed by atoms with Gasteiger partial charge in [0, 0.05) is 42.4 Å². The number of hydrogen-bond donors (Lipinski definition) is 1. The maximum Gasteiger partial charge on any atom is 0.272 e. The first-order chi connectivity index (χ1) is 14.5. The second-order valence-corrected chi connectivity index (χ2v) is 8.50. The largest absolute Gasteiger partial charge is 0.277 e. The molecule has 0 heterocycles. The van der Waals surface area contributed by atoms with Crippen LogP contribution in [0, 0.1) is 27.2 Å². The van der Waals surface area contributed by atoms with Gasteiger partial charge in [-0.1, -0.05) is 26.0 Å². The van der Waals surface area contributed by atoms with Crippen LogP contribution in [0.2, 0.25) is 0 Å². The molecule has 0 bridgehead atoms. The maximum absolute atomic E-state index is 13.0. The Kier molecular flexibility index (Phi) is 7.41. The van der Waals surface area contributed by atoms with Crippen LogP contribution in [0.5, 0.6) is 0 Å². The highest BCUT2D eigenvalue weighted by Gasteiger charge is 2.27. The molecule has 0 fully saturated rings. The molecule has 31 heavy (non-hydrogen) atoms. The van der Waals surface area contributed by atoms with Crippen LogP contribution < -0.4 is 5.43 Å². The molecule has 0 radical (unpaired) electrons. The quantitative estimate of drug-likeness (QED) is 0.349. The summed E-state index contributed by atoms with van der Waals surface area (Å²) in [5, 5.41) is 26.5. The monoisotopic (exact) mass is 449 g/mol. The van der Waals surface area contributed by atoms with E-state index >= 15 is 0 Å². The third-order valence-electron chi connectivity index (χ3n) is 4.67. The van der Waals surface area contributed by atoms with Crippen molar-refractivity contribution < 1.29 is 18.3 Å². The fraction of sp³-hybridized carbons (Fsp3) is 0.316. The number of anilines is 1. The van der Waals surface area contributed by atoms with E-state index in [0.29, 0.717) is 16.8 Å². The van der Waals surface area contributed by atoms with Crippen LogP contribution >= 0.6 is 0 Å². The summed E-state index contributed by atoms with van der Waals surface area (Å²) in [6.45, 7) is 6.93. The van der Waals surface area contributed by atoms with Crippen LogP contribution in [-0.2, 0) is 10.0 Å². The van der Waals surface area contributed by atoms with Gasteiger partial charge in [0.25, 0.3) is 11.4 Å². The third kappa shape index (κ3) is 5.22. The predicted octanol–water partition coefficient (Wildman–Crippen LogP) is 3.68. The van der Waals surface area contributed by atoms with Gasteiger partial charge in [0.15, 0.2) is 0 Å². The van der Waals surface area contributed by atoms with Crippen LogP contribution in [-0.4, -0.2) is 41.4 Å². The second-order valence-electron chi connectivity index (χ2n) is 6.59. The molecule has 12 heteroatoms. The van der Waals surface area contributed by atoms with Crippen molar-refractivity contribution in [3.05, 3.63) is 67.8 Å². The number of non-ortho nitro benzene ring substituents is 1. The van der Waals surface area contributed by atoms with Crippen LogP contribution in [0.4, 0.5) is 17.1 Å². The fourth-order valence-corrected chi connectivity index (χ4v) is 4.49. The molecule has 0 amide bonds. The lowest BCUT2D eigenvalue weighted by Gasteiger charge is -2.20. The Bertz CT molecular complexity index is 1140. The van der Waals surface area contributed by atoms with Gasteiger partial charge in [-0.25, -0.2) is 8.42 Å². The lowest BCUT2D eigenvalue weighted by molar-refractivity contribution is -0.385. The third-order valence-corrected chi connectivity index (χ3v) is 6.76. The number of nitrogens with zero attached hydrogens (tertiary/aromatic N) is 4. The van der Waals surface area contributed by atoms with Crippen LogP contribution in [0.1, 0.15) is 31.9 Å². The van der Waals surface area contributed by atoms with Crippen LogP contribution in [0.3, 0.4) is 0 Å². The smallest absolute Gasteiger partial charge is 0.272 e. The summed E-state index contributed by atoms with van der Waals surface area (Å²) in [4.78, 5) is 20.9. The molecule has 0 spiro atoms. The van der Waals surface area contributed by atoms with E-state index in [0.717, 1.165) is 6.07 Å². The Morgan fingerprint density at radius 2 is 1.71 bits per heavy atom. The molecule has 0 saturated heterocycles. The van der Waals surface area contributed by atoms with E-state index in [1.807, 2.05) is 0 Å². The summed E-state index contributed by atoms with van der Waals surface area (Å²) in [5.74, 6) is 0. The fourth-order valence-electron chi connectivity index (χ4n) is 2.87. The van der Waals surface area contributed by atoms with Gasteiger partial charge in [-0.15, -0.1) is 0 Å². The molecule has 0 unspecified atom stereocenters. The molecular formula is C19H23N5O6S. The van der Waals surface area contributed by atoms with Gasteiger partial charge in [0.05, 0.1) is 21.2 Å². The first-order valence-corrected chi connectivity index (χ1v) is 10.8. The average molecular weight is 449 g/mol. The molecular weight excluding hydrogens is 426 g/mol. The number of benzene rings is 2. The minimum atomic E-state index is -4.02. The van der Waals surface area contributed by atoms with Gasteiger partial charge in [-0.05, 0) is 19.9 Å². The van der Waals surface area contributed by atoms with Gasteiger partial charge in [0.1, 0.15) is 4.90 Å². The molecule has 0 aromatic heterocycles. The summed E-state index contributed by atoms with van der Waals surface area (Å²) in [6, 6.07) is 8.05. The highest BCUT2D eigenvalue weighted by atomic mass is 32.2. The second kappa shape index (κ2) is 9.62. The zero-order chi connectivity index (χ0) is 23.3. The topological polar surface area (TPSA) is 148 Å². The van der Waals surface area contributed by atoms with Gasteiger partial charge in [-0.2, -0.15) is 9.41 Å². The van der Waals surface area contributed by atoms with Gasteiger partial charge in [0.2, 0.25) is 10.0 Å². The highest BCUT2D eigenvalue weighted by molar-refractivity contribution is 7.89. The van der Waals surface area contributed by atoms with E-state index in [9.17, 15) is 28.6 Å². The van der Waals surface area contributed by atoms with Crippen LogP contribution in [0.25, 0.3) is 0 Å². The Morgan fingerprint density at radius 1 is 1.06 bits per heavy atom. The van der Waals surface area contributed by atoms with Crippen molar-refractivity contribution in [3.8, 4) is 0 Å². The van der Waals surface area contributed by atoms with Crippen molar-refractivity contribution in [1.82, 2.24) is 4.31 Å². The number of nitrogens with one attached hydrogen (secondary N) is 1. The molecule has 0 atom stereocenters. The lowest BCUT2D eigenvalue weighted by atomic mass is 10.1. The molecule has 2 aromatic rings. The van der Waals surface area contributed by atoms with Crippen molar-refractivity contribution in [3.63, 3.8) is 0 Å². The van der Waals surface area contributed by atoms with Gasteiger partial charge >= 0.3 is 0 Å². The number of aryl methyl sites for hydroxylation is 1. The number of sulfonamides is 1. The maximum atomic E-state index is 13.0. The normalized spacial score (nSPS) is 12.1. The first kappa shape index (κ1) is 23.9. The standard InChI is InChI=1S/C19H23N5O6S/c1-5-22(6-2)31(29,30)19-12-16(23(25)26)9-10-17(19)21-20-14(4)15-8-7-13(3)18(11-15)24(27)28/h7-12,21H,5-6H2,1-4H3. The van der Waals surface area contributed by atoms with E-state index in [1.54, 1.807) is 39.8 Å². The summed E-state index contributed by atoms with van der Waals surface area (Å²) >= 11 is 0. The number of hydrogen-bond acceptors (Lipinski definition) is 8. The van der Waals surface area contributed by atoms with Gasteiger partial charge in [-0.3, -0.25) is 25.7 Å². The Hall–Kier alpha value is -3.38. The molecule has 166 valence electrons. The molecule has 0 aliphatic heterocycles. The molecule has 2 aromatic carbocycles. The minimum absolute atomic E-state index is 0.0541. The minimum Gasteiger partial charge on any atom is -0.277 e. The van der Waals surface area contributed by atoms with Crippen molar-refractivity contribution in [2.45, 2.75) is 32.6 Å². The van der Waals surface area contributed by atoms with E-state index in [1.165, 1.54) is 22.5 Å². The number of nitro benzene ring substituents is 2. The SMILES string of the molecule is CCN(CC)S(=O)(=O)c1cc([N+](=O)[O-])ccc1NN=C(C)c1ccc(C)c([N+](=O)[O-])c1. The summed E-state index contributed by atoms with van der Waals surface area (Å²) < 4.78 is 27.2. The van der Waals surface area contributed by atoms with Crippen molar-refractivity contribution in [2.75, 3.05) is 18.5 Å². The molecule has 0 saturated carbocycles. The van der Waals surface area contributed by atoms with E-state index < -0.39 is 19.9 Å². The molecule has 1 N–H and O–H groups in total. The molecule has 0 aliphatic carbocycles. The first-order valence-electron chi connectivity index (χ1n) is 9.37. The van der Waals surface area contributed by atoms with Crippen molar-refractivity contribution >= 4 is 32.8 Å². The van der Waals surface area contributed by atoms with E-state index in [2.05, 4.69) is 10.5 Å². The van der Waals surface area contributed by atoms with E-state index in [-0.39, 0.29) is 35.0 Å². The summed E-state index contributed by atoms with van der Waals surface area (Å²) in [5.41, 5.74) is 3.60. The molecule has 0 aliphatic rings. The summed E-state index contributed by atoms with van der Waals surface area (Å²) in [7, 11) is -4.02. The van der Waals surface area contributed by atoms with E-state index in [4.69, 9.17) is 0 Å². The van der Waals surface area contributed by atoms with Gasteiger partial charge < -0.3 is 0 Å². The highest BCUT2D eigenvalue weighted by Crippen LogP contribution is 2.29. The Labute approximate surface area is 179 Å². The number of nitro groups is 2. The average Bonchev–Trinajstić information content (AvgIpc) is 2.72. The number of rotatable bonds is 9. The zero-order valence-corrected chi connectivity index (χ0v) is 18.3. The molecule has 11 nitrogen and oxygen atoms in total. The number of hydrazone groups is 1. The van der Waals surface area contributed by atoms with Crippen molar-refractivity contribution in [2.24, 2.45) is 5.10 Å². The Morgan fingerprint density at radius 3 is 2.26 bits per heavy atom. The zero-order valence-electron chi connectivity index (χ0n) is 17.5. The Balaban J connectivity index is 2.51.